The van der Waals surface area contributed by atoms with Crippen LogP contribution in [0.5, 0.6) is 0 Å². The number of aryl methyl sites for hydroxylation is 1. The quantitative estimate of drug-likeness (QED) is 0.850. The number of rotatable bonds is 6. The highest BCUT2D eigenvalue weighted by Crippen LogP contribution is 2.33. The Morgan fingerprint density at radius 3 is 2.80 bits per heavy atom. The van der Waals surface area contributed by atoms with Gasteiger partial charge in [0.15, 0.2) is 5.82 Å². The van der Waals surface area contributed by atoms with Crippen molar-refractivity contribution in [2.75, 3.05) is 7.05 Å². The molecule has 0 aliphatic carbocycles. The topological polar surface area (TPSA) is 89.1 Å². The fourth-order valence-corrected chi connectivity index (χ4v) is 3.30. The Morgan fingerprint density at radius 2 is 2.16 bits per heavy atom. The standard InChI is InChI=1S/C17H26N6O2/c1-10(2)6-15-20-14(21-25-15)9-18-13-7-16(24)22(4)17(13)12-8-19-23(5)11(12)3/h8,10,13,17-18H,6-7,9H2,1-5H3/t13-,17+/m1/s1. The van der Waals surface area contributed by atoms with E-state index in [0.29, 0.717) is 30.6 Å². The first-order valence-corrected chi connectivity index (χ1v) is 8.65. The van der Waals surface area contributed by atoms with Gasteiger partial charge in [-0.2, -0.15) is 10.1 Å². The molecule has 0 radical (unpaired) electrons. The summed E-state index contributed by atoms with van der Waals surface area (Å²) in [5, 5.41) is 11.8. The fraction of sp³-hybridized carbons (Fsp3) is 0.647. The Labute approximate surface area is 147 Å². The van der Waals surface area contributed by atoms with E-state index in [2.05, 4.69) is 34.4 Å². The number of aromatic nitrogens is 4. The van der Waals surface area contributed by atoms with Crippen LogP contribution in [0.2, 0.25) is 0 Å². The third-order valence-corrected chi connectivity index (χ3v) is 4.79. The molecule has 0 spiro atoms. The molecule has 0 aromatic carbocycles. The average molecular weight is 346 g/mol. The van der Waals surface area contributed by atoms with E-state index < -0.39 is 0 Å². The summed E-state index contributed by atoms with van der Waals surface area (Å²) >= 11 is 0. The number of likely N-dealkylation sites (N-methyl/N-ethyl adjacent to an activating group) is 1. The predicted octanol–water partition coefficient (Wildman–Crippen LogP) is 1.37. The van der Waals surface area contributed by atoms with Crippen molar-refractivity contribution in [2.24, 2.45) is 13.0 Å². The molecule has 2 atom stereocenters. The zero-order valence-electron chi connectivity index (χ0n) is 15.5. The first-order chi connectivity index (χ1) is 11.9. The summed E-state index contributed by atoms with van der Waals surface area (Å²) in [5.74, 6) is 1.88. The Hall–Kier alpha value is -2.22. The van der Waals surface area contributed by atoms with E-state index in [9.17, 15) is 4.79 Å². The van der Waals surface area contributed by atoms with E-state index in [4.69, 9.17) is 4.52 Å². The lowest BCUT2D eigenvalue weighted by atomic mass is 10.0. The van der Waals surface area contributed by atoms with Crippen molar-refractivity contribution >= 4 is 5.91 Å². The van der Waals surface area contributed by atoms with Crippen molar-refractivity contribution in [2.45, 2.75) is 52.2 Å². The third-order valence-electron chi connectivity index (χ3n) is 4.79. The first-order valence-electron chi connectivity index (χ1n) is 8.65. The average Bonchev–Trinajstić information content (AvgIpc) is 3.19. The number of carbonyl (C=O) groups is 1. The molecule has 1 saturated heterocycles. The van der Waals surface area contributed by atoms with Gasteiger partial charge in [-0.1, -0.05) is 19.0 Å². The Morgan fingerprint density at radius 1 is 1.40 bits per heavy atom. The van der Waals surface area contributed by atoms with Gasteiger partial charge in [-0.15, -0.1) is 0 Å². The molecular formula is C17H26N6O2. The van der Waals surface area contributed by atoms with Gasteiger partial charge < -0.3 is 14.7 Å². The maximum absolute atomic E-state index is 12.2. The van der Waals surface area contributed by atoms with Gasteiger partial charge in [0.1, 0.15) is 0 Å². The van der Waals surface area contributed by atoms with E-state index in [1.54, 1.807) is 4.90 Å². The van der Waals surface area contributed by atoms with Crippen LogP contribution in [0, 0.1) is 12.8 Å². The molecule has 1 fully saturated rings. The maximum atomic E-state index is 12.2. The smallest absolute Gasteiger partial charge is 0.226 e. The second-order valence-electron chi connectivity index (χ2n) is 7.15. The highest BCUT2D eigenvalue weighted by Gasteiger charge is 2.39. The van der Waals surface area contributed by atoms with E-state index in [1.165, 1.54) is 0 Å². The molecular weight excluding hydrogens is 320 g/mol. The number of nitrogens with zero attached hydrogens (tertiary/aromatic N) is 5. The molecule has 1 aliphatic rings. The number of likely N-dealkylation sites (tertiary alicyclic amines) is 1. The molecule has 0 bridgehead atoms. The van der Waals surface area contributed by atoms with Crippen molar-refractivity contribution in [3.05, 3.63) is 29.2 Å². The lowest BCUT2D eigenvalue weighted by Crippen LogP contribution is -2.35. The van der Waals surface area contributed by atoms with Gasteiger partial charge in [0, 0.05) is 44.2 Å². The van der Waals surface area contributed by atoms with Crippen LogP contribution in [-0.2, 0) is 24.8 Å². The number of nitrogens with one attached hydrogen (secondary N) is 1. The predicted molar refractivity (Wildman–Crippen MR) is 91.5 cm³/mol. The van der Waals surface area contributed by atoms with Crippen molar-refractivity contribution < 1.29 is 9.32 Å². The molecule has 3 heterocycles. The van der Waals surface area contributed by atoms with Gasteiger partial charge >= 0.3 is 0 Å². The van der Waals surface area contributed by atoms with Crippen molar-refractivity contribution in [3.8, 4) is 0 Å². The van der Waals surface area contributed by atoms with E-state index >= 15 is 0 Å². The molecule has 8 nitrogen and oxygen atoms in total. The maximum Gasteiger partial charge on any atom is 0.226 e. The monoisotopic (exact) mass is 346 g/mol. The zero-order valence-corrected chi connectivity index (χ0v) is 15.5. The number of carbonyl (C=O) groups excluding carboxylic acids is 1. The number of hydrogen-bond acceptors (Lipinski definition) is 6. The van der Waals surface area contributed by atoms with Crippen LogP contribution in [0.25, 0.3) is 0 Å². The third kappa shape index (κ3) is 3.58. The van der Waals surface area contributed by atoms with Crippen LogP contribution in [0.3, 0.4) is 0 Å². The Bertz CT molecular complexity index is 750. The summed E-state index contributed by atoms with van der Waals surface area (Å²) in [4.78, 5) is 18.4. The Balaban J connectivity index is 1.71. The minimum atomic E-state index is -0.0387. The molecule has 25 heavy (non-hydrogen) atoms. The molecule has 1 amide bonds. The van der Waals surface area contributed by atoms with Crippen molar-refractivity contribution in [1.82, 2.24) is 30.1 Å². The van der Waals surface area contributed by atoms with Crippen LogP contribution in [-0.4, -0.2) is 43.8 Å². The van der Waals surface area contributed by atoms with Gasteiger partial charge in [0.2, 0.25) is 11.8 Å². The van der Waals surface area contributed by atoms with Crippen LogP contribution < -0.4 is 5.32 Å². The highest BCUT2D eigenvalue weighted by molar-refractivity contribution is 5.80. The van der Waals surface area contributed by atoms with Crippen LogP contribution in [0.4, 0.5) is 0 Å². The molecule has 8 heteroatoms. The molecule has 1 aliphatic heterocycles. The van der Waals surface area contributed by atoms with Crippen molar-refractivity contribution in [1.29, 1.82) is 0 Å². The lowest BCUT2D eigenvalue weighted by Gasteiger charge is -2.25. The summed E-state index contributed by atoms with van der Waals surface area (Å²) in [7, 11) is 3.75. The van der Waals surface area contributed by atoms with E-state index in [-0.39, 0.29) is 18.0 Å². The lowest BCUT2D eigenvalue weighted by molar-refractivity contribution is -0.127. The fourth-order valence-electron chi connectivity index (χ4n) is 3.30. The molecule has 0 unspecified atom stereocenters. The molecule has 0 saturated carbocycles. The Kier molecular flexibility index (Phi) is 4.89. The van der Waals surface area contributed by atoms with Gasteiger partial charge in [-0.3, -0.25) is 9.48 Å². The summed E-state index contributed by atoms with van der Waals surface area (Å²) in [5.41, 5.74) is 2.14. The summed E-state index contributed by atoms with van der Waals surface area (Å²) in [6, 6.07) is -0.0457. The first kappa shape index (κ1) is 17.6. The summed E-state index contributed by atoms with van der Waals surface area (Å²) in [6.07, 6.45) is 3.07. The van der Waals surface area contributed by atoms with E-state index in [1.807, 2.05) is 31.9 Å². The van der Waals surface area contributed by atoms with Gasteiger partial charge in [0.05, 0.1) is 18.8 Å². The highest BCUT2D eigenvalue weighted by atomic mass is 16.5. The normalized spacial score (nSPS) is 20.9. The molecule has 3 rings (SSSR count). The summed E-state index contributed by atoms with van der Waals surface area (Å²) < 4.78 is 7.11. The largest absolute Gasteiger partial charge is 0.339 e. The van der Waals surface area contributed by atoms with Crippen molar-refractivity contribution in [3.63, 3.8) is 0 Å². The summed E-state index contributed by atoms with van der Waals surface area (Å²) in [6.45, 7) is 6.72. The number of amides is 1. The molecule has 2 aromatic heterocycles. The van der Waals surface area contributed by atoms with Crippen LogP contribution in [0.1, 0.15) is 49.3 Å². The second kappa shape index (κ2) is 6.95. The van der Waals surface area contributed by atoms with Crippen LogP contribution in [0.15, 0.2) is 10.7 Å². The molecule has 1 N–H and O–H groups in total. The van der Waals surface area contributed by atoms with Crippen LogP contribution >= 0.6 is 0 Å². The molecule has 2 aromatic rings. The molecule has 136 valence electrons. The van der Waals surface area contributed by atoms with Gasteiger partial charge in [0.25, 0.3) is 0 Å². The SMILES string of the molecule is Cc1c([C@H]2[C@H](NCc3noc(CC(C)C)n3)CC(=O)N2C)cnn1C. The minimum Gasteiger partial charge on any atom is -0.339 e. The minimum absolute atomic E-state index is 0.00699. The second-order valence-corrected chi connectivity index (χ2v) is 7.15. The van der Waals surface area contributed by atoms with E-state index in [0.717, 1.165) is 17.7 Å². The number of hydrogen-bond donors (Lipinski definition) is 1. The van der Waals surface area contributed by atoms with Gasteiger partial charge in [-0.05, 0) is 12.8 Å². The zero-order chi connectivity index (χ0) is 18.1. The van der Waals surface area contributed by atoms with Gasteiger partial charge in [-0.25, -0.2) is 0 Å².